The first kappa shape index (κ1) is 21.0. The number of aryl methyl sites for hydroxylation is 1. The third kappa shape index (κ3) is 5.66. The molecule has 5 heteroatoms. The highest BCUT2D eigenvalue weighted by atomic mass is 79.9. The average molecular weight is 447 g/mol. The van der Waals surface area contributed by atoms with Crippen molar-refractivity contribution in [3.63, 3.8) is 0 Å². The summed E-state index contributed by atoms with van der Waals surface area (Å²) in [5.41, 5.74) is 3.10. The van der Waals surface area contributed by atoms with Gasteiger partial charge in [-0.25, -0.2) is 0 Å². The summed E-state index contributed by atoms with van der Waals surface area (Å²) in [5, 5.41) is 9.49. The Labute approximate surface area is 175 Å². The van der Waals surface area contributed by atoms with Crippen LogP contribution in [-0.2, 0) is 27.3 Å². The van der Waals surface area contributed by atoms with Crippen molar-refractivity contribution in [3.05, 3.63) is 69.7 Å². The molecule has 0 radical (unpaired) electrons. The molecular formula is C23H27BrO4. The van der Waals surface area contributed by atoms with E-state index in [1.165, 1.54) is 12.7 Å². The van der Waals surface area contributed by atoms with E-state index in [0.29, 0.717) is 13.0 Å². The molecule has 1 aliphatic carbocycles. The molecule has 1 atom stereocenters. The lowest BCUT2D eigenvalue weighted by atomic mass is 9.99. The fraction of sp³-hybridized carbons (Fsp3) is 0.435. The Balaban J connectivity index is 1.71. The fourth-order valence-electron chi connectivity index (χ4n) is 3.43. The van der Waals surface area contributed by atoms with Gasteiger partial charge in [0.25, 0.3) is 0 Å². The number of methoxy groups -OCH3 is 1. The lowest BCUT2D eigenvalue weighted by Gasteiger charge is -2.23. The summed E-state index contributed by atoms with van der Waals surface area (Å²) in [7, 11) is 1.43. The number of halogens is 1. The molecule has 0 spiro atoms. The van der Waals surface area contributed by atoms with E-state index in [9.17, 15) is 9.90 Å². The zero-order valence-electron chi connectivity index (χ0n) is 16.2. The van der Waals surface area contributed by atoms with Crippen LogP contribution >= 0.6 is 15.9 Å². The van der Waals surface area contributed by atoms with Crippen molar-refractivity contribution in [2.75, 3.05) is 13.7 Å². The van der Waals surface area contributed by atoms with E-state index in [2.05, 4.69) is 22.0 Å². The van der Waals surface area contributed by atoms with E-state index >= 15 is 0 Å². The minimum absolute atomic E-state index is 0.0110. The second kappa shape index (κ2) is 9.68. The molecule has 0 saturated heterocycles. The number of aliphatic hydroxyl groups excluding tert-OH is 1. The maximum Gasteiger partial charge on any atom is 0.306 e. The largest absolute Gasteiger partial charge is 0.469 e. The molecule has 1 saturated carbocycles. The van der Waals surface area contributed by atoms with Crippen LogP contribution in [0.5, 0.6) is 0 Å². The van der Waals surface area contributed by atoms with Crippen molar-refractivity contribution >= 4 is 21.9 Å². The van der Waals surface area contributed by atoms with Crippen molar-refractivity contribution in [1.29, 1.82) is 0 Å². The van der Waals surface area contributed by atoms with Crippen molar-refractivity contribution in [3.8, 4) is 0 Å². The van der Waals surface area contributed by atoms with Crippen molar-refractivity contribution in [2.24, 2.45) is 5.41 Å². The number of ether oxygens (including phenoxy) is 2. The molecule has 0 aliphatic heterocycles. The van der Waals surface area contributed by atoms with Crippen LogP contribution in [0.3, 0.4) is 0 Å². The predicted molar refractivity (Wildman–Crippen MR) is 112 cm³/mol. The van der Waals surface area contributed by atoms with E-state index in [1.807, 2.05) is 42.5 Å². The highest BCUT2D eigenvalue weighted by Gasteiger charge is 2.45. The molecule has 3 rings (SSSR count). The molecule has 2 aromatic carbocycles. The molecule has 0 aromatic heterocycles. The quantitative estimate of drug-likeness (QED) is 0.523. The Morgan fingerprint density at radius 2 is 2.00 bits per heavy atom. The maximum absolute atomic E-state index is 11.7. The third-order valence-corrected chi connectivity index (χ3v) is 6.21. The van der Waals surface area contributed by atoms with Gasteiger partial charge in [-0.1, -0.05) is 58.4 Å². The molecule has 0 amide bonds. The Bertz CT molecular complexity index is 801. The molecule has 1 fully saturated rings. The highest BCUT2D eigenvalue weighted by Crippen LogP contribution is 2.50. The maximum atomic E-state index is 11.7. The van der Waals surface area contributed by atoms with Crippen LogP contribution in [0.15, 0.2) is 53.0 Å². The average Bonchev–Trinajstić information content (AvgIpc) is 3.48. The molecule has 2 aromatic rings. The molecule has 1 N–H and O–H groups in total. The van der Waals surface area contributed by atoms with Gasteiger partial charge < -0.3 is 14.6 Å². The van der Waals surface area contributed by atoms with Gasteiger partial charge in [-0.2, -0.15) is 0 Å². The number of benzene rings is 2. The molecule has 1 unspecified atom stereocenters. The predicted octanol–water partition coefficient (Wildman–Crippen LogP) is 4.98. The summed E-state index contributed by atoms with van der Waals surface area (Å²) >= 11 is 3.62. The third-order valence-electron chi connectivity index (χ3n) is 5.43. The van der Waals surface area contributed by atoms with Crippen LogP contribution in [0, 0.1) is 5.41 Å². The fourth-order valence-corrected chi connectivity index (χ4v) is 3.91. The van der Waals surface area contributed by atoms with Crippen LogP contribution in [0.4, 0.5) is 0 Å². The molecular weight excluding hydrogens is 420 g/mol. The van der Waals surface area contributed by atoms with E-state index < -0.39 is 0 Å². The molecule has 0 heterocycles. The molecule has 0 bridgehead atoms. The summed E-state index contributed by atoms with van der Waals surface area (Å²) in [6, 6.07) is 16.1. The van der Waals surface area contributed by atoms with E-state index in [0.717, 1.165) is 41.3 Å². The summed E-state index contributed by atoms with van der Waals surface area (Å²) in [6.45, 7) is 0.559. The SMILES string of the molecule is COC(=O)CC1(COC(CCc2ccccc2Br)c2cccc(CO)c2)CC1. The molecule has 150 valence electrons. The summed E-state index contributed by atoms with van der Waals surface area (Å²) < 4.78 is 12.3. The Hall–Kier alpha value is -1.69. The van der Waals surface area contributed by atoms with Crippen molar-refractivity contribution in [1.82, 2.24) is 0 Å². The number of hydrogen-bond acceptors (Lipinski definition) is 4. The normalized spacial score (nSPS) is 15.8. The number of carbonyl (C=O) groups is 1. The lowest BCUT2D eigenvalue weighted by molar-refractivity contribution is -0.143. The van der Waals surface area contributed by atoms with Gasteiger partial charge in [0.15, 0.2) is 0 Å². The second-order valence-electron chi connectivity index (χ2n) is 7.59. The van der Waals surface area contributed by atoms with Gasteiger partial charge in [-0.15, -0.1) is 0 Å². The lowest BCUT2D eigenvalue weighted by Crippen LogP contribution is -2.19. The second-order valence-corrected chi connectivity index (χ2v) is 8.44. The van der Waals surface area contributed by atoms with Gasteiger partial charge in [0.2, 0.25) is 0 Å². The van der Waals surface area contributed by atoms with Crippen LogP contribution < -0.4 is 0 Å². The molecule has 1 aliphatic rings. The van der Waals surface area contributed by atoms with Gasteiger partial charge in [-0.05, 0) is 48.4 Å². The Morgan fingerprint density at radius 3 is 2.68 bits per heavy atom. The van der Waals surface area contributed by atoms with Gasteiger partial charge in [0.05, 0.1) is 32.8 Å². The summed E-state index contributed by atoms with van der Waals surface area (Å²) in [4.78, 5) is 11.7. The molecule has 28 heavy (non-hydrogen) atoms. The first-order valence-electron chi connectivity index (χ1n) is 9.67. The number of hydrogen-bond donors (Lipinski definition) is 1. The Kier molecular flexibility index (Phi) is 7.27. The number of aliphatic hydroxyl groups is 1. The van der Waals surface area contributed by atoms with Crippen LogP contribution in [0.25, 0.3) is 0 Å². The first-order chi connectivity index (χ1) is 13.5. The minimum atomic E-state index is -0.173. The highest BCUT2D eigenvalue weighted by molar-refractivity contribution is 9.10. The number of rotatable bonds is 10. The number of carbonyl (C=O) groups excluding carboxylic acids is 1. The zero-order chi connectivity index (χ0) is 20.0. The van der Waals surface area contributed by atoms with Crippen molar-refractivity contribution < 1.29 is 19.4 Å². The Morgan fingerprint density at radius 1 is 1.21 bits per heavy atom. The molecule has 4 nitrogen and oxygen atoms in total. The summed E-state index contributed by atoms with van der Waals surface area (Å²) in [5.74, 6) is -0.173. The number of esters is 1. The minimum Gasteiger partial charge on any atom is -0.469 e. The van der Waals surface area contributed by atoms with Gasteiger partial charge in [0.1, 0.15) is 0 Å². The van der Waals surface area contributed by atoms with Crippen LogP contribution in [0.1, 0.15) is 48.5 Å². The smallest absolute Gasteiger partial charge is 0.306 e. The monoisotopic (exact) mass is 446 g/mol. The zero-order valence-corrected chi connectivity index (χ0v) is 17.8. The standard InChI is InChI=1S/C23H27BrO4/c1-27-22(26)14-23(11-12-23)16-28-21(19-7-4-5-17(13-19)15-25)10-9-18-6-2-3-8-20(18)24/h2-8,13,21,25H,9-12,14-16H2,1H3. The summed E-state index contributed by atoms with van der Waals surface area (Å²) in [6.07, 6.45) is 4.02. The van der Waals surface area contributed by atoms with Crippen molar-refractivity contribution in [2.45, 2.75) is 44.8 Å². The van der Waals surface area contributed by atoms with Crippen LogP contribution in [-0.4, -0.2) is 24.8 Å². The van der Waals surface area contributed by atoms with Gasteiger partial charge in [-0.3, -0.25) is 4.79 Å². The van der Waals surface area contributed by atoms with Gasteiger partial charge in [0, 0.05) is 9.89 Å². The first-order valence-corrected chi connectivity index (χ1v) is 10.5. The van der Waals surface area contributed by atoms with E-state index in [-0.39, 0.29) is 24.1 Å². The van der Waals surface area contributed by atoms with E-state index in [4.69, 9.17) is 9.47 Å². The topological polar surface area (TPSA) is 55.8 Å². The van der Waals surface area contributed by atoms with Gasteiger partial charge >= 0.3 is 5.97 Å². The van der Waals surface area contributed by atoms with E-state index in [1.54, 1.807) is 0 Å². The van der Waals surface area contributed by atoms with Crippen LogP contribution in [0.2, 0.25) is 0 Å².